The maximum absolute atomic E-state index is 12.7. The van der Waals surface area contributed by atoms with E-state index in [-0.39, 0.29) is 42.6 Å². The average molecular weight is 422 g/mol. The Morgan fingerprint density at radius 2 is 1.65 bits per heavy atom. The van der Waals surface area contributed by atoms with Crippen LogP contribution in [0.5, 0.6) is 11.5 Å². The third-order valence-corrected chi connectivity index (χ3v) is 5.55. The molecule has 7 heteroatoms. The molecule has 4 rings (SSSR count). The lowest BCUT2D eigenvalue weighted by Gasteiger charge is -2.24. The zero-order chi connectivity index (χ0) is 22.0. The highest BCUT2D eigenvalue weighted by Crippen LogP contribution is 2.34. The molecule has 0 aliphatic carbocycles. The van der Waals surface area contributed by atoms with Crippen LogP contribution in [0.4, 0.5) is 0 Å². The van der Waals surface area contributed by atoms with E-state index in [2.05, 4.69) is 5.32 Å². The van der Waals surface area contributed by atoms with Gasteiger partial charge in [-0.25, -0.2) is 0 Å². The maximum Gasteiger partial charge on any atom is 0.261 e. The molecule has 2 heterocycles. The van der Waals surface area contributed by atoms with E-state index < -0.39 is 0 Å². The molecule has 3 amide bonds. The Hall–Kier alpha value is -3.35. The van der Waals surface area contributed by atoms with Crippen molar-refractivity contribution >= 4 is 17.7 Å². The molecular formula is C24H26N2O5. The fourth-order valence-corrected chi connectivity index (χ4v) is 3.91. The van der Waals surface area contributed by atoms with Gasteiger partial charge in [0, 0.05) is 19.4 Å². The molecular weight excluding hydrogens is 396 g/mol. The molecule has 0 fully saturated rings. The van der Waals surface area contributed by atoms with Crippen LogP contribution in [0.1, 0.15) is 59.0 Å². The van der Waals surface area contributed by atoms with Crippen molar-refractivity contribution in [2.45, 2.75) is 32.7 Å². The number of ether oxygens (including phenoxy) is 2. The van der Waals surface area contributed by atoms with Crippen LogP contribution in [-0.2, 0) is 4.79 Å². The molecule has 31 heavy (non-hydrogen) atoms. The summed E-state index contributed by atoms with van der Waals surface area (Å²) in [5.41, 5.74) is 1.70. The van der Waals surface area contributed by atoms with Gasteiger partial charge in [0.15, 0.2) is 11.5 Å². The van der Waals surface area contributed by atoms with Crippen LogP contribution in [0, 0.1) is 5.92 Å². The summed E-state index contributed by atoms with van der Waals surface area (Å²) in [5, 5.41) is 3.05. The number of amides is 3. The number of hydrogen-bond acceptors (Lipinski definition) is 5. The summed E-state index contributed by atoms with van der Waals surface area (Å²) in [6, 6.07) is 12.2. The fraction of sp³-hybridized carbons (Fsp3) is 0.375. The number of imide groups is 1. The molecule has 7 nitrogen and oxygen atoms in total. The van der Waals surface area contributed by atoms with Crippen LogP contribution in [-0.4, -0.2) is 42.4 Å². The van der Waals surface area contributed by atoms with Gasteiger partial charge in [-0.05, 0) is 35.7 Å². The van der Waals surface area contributed by atoms with Gasteiger partial charge in [0.25, 0.3) is 11.8 Å². The Kier molecular flexibility index (Phi) is 5.93. The monoisotopic (exact) mass is 422 g/mol. The van der Waals surface area contributed by atoms with Crippen molar-refractivity contribution in [3.8, 4) is 11.5 Å². The summed E-state index contributed by atoms with van der Waals surface area (Å²) in [6.45, 7) is 5.31. The first-order chi connectivity index (χ1) is 15.0. The van der Waals surface area contributed by atoms with Crippen LogP contribution in [0.25, 0.3) is 0 Å². The molecule has 1 atom stereocenters. The average Bonchev–Trinajstić information content (AvgIpc) is 2.91. The van der Waals surface area contributed by atoms with Gasteiger partial charge in [-0.3, -0.25) is 19.3 Å². The van der Waals surface area contributed by atoms with E-state index in [1.165, 1.54) is 0 Å². The number of benzene rings is 2. The maximum atomic E-state index is 12.7. The fourth-order valence-electron chi connectivity index (χ4n) is 3.91. The molecule has 0 unspecified atom stereocenters. The molecule has 2 aromatic carbocycles. The van der Waals surface area contributed by atoms with E-state index in [0.29, 0.717) is 35.8 Å². The lowest BCUT2D eigenvalue weighted by molar-refractivity contribution is -0.122. The van der Waals surface area contributed by atoms with Gasteiger partial charge < -0.3 is 14.8 Å². The first kappa shape index (κ1) is 20.9. The zero-order valence-electron chi connectivity index (χ0n) is 17.7. The number of nitrogens with zero attached hydrogens (tertiary/aromatic N) is 1. The van der Waals surface area contributed by atoms with Gasteiger partial charge in [-0.2, -0.15) is 0 Å². The van der Waals surface area contributed by atoms with Crippen molar-refractivity contribution in [3.63, 3.8) is 0 Å². The van der Waals surface area contributed by atoms with Crippen LogP contribution in [0.2, 0.25) is 0 Å². The molecule has 162 valence electrons. The molecule has 0 saturated carbocycles. The summed E-state index contributed by atoms with van der Waals surface area (Å²) in [7, 11) is 0. The second-order valence-electron chi connectivity index (χ2n) is 8.10. The minimum absolute atomic E-state index is 0.0409. The summed E-state index contributed by atoms with van der Waals surface area (Å²) in [4.78, 5) is 38.8. The Morgan fingerprint density at radius 3 is 2.29 bits per heavy atom. The molecule has 2 aliphatic heterocycles. The van der Waals surface area contributed by atoms with Gasteiger partial charge in [0.2, 0.25) is 5.91 Å². The van der Waals surface area contributed by atoms with Crippen LogP contribution in [0.15, 0.2) is 42.5 Å². The van der Waals surface area contributed by atoms with E-state index in [9.17, 15) is 14.4 Å². The molecule has 2 aromatic rings. The van der Waals surface area contributed by atoms with E-state index >= 15 is 0 Å². The number of rotatable bonds is 6. The topological polar surface area (TPSA) is 84.9 Å². The van der Waals surface area contributed by atoms with Crippen LogP contribution >= 0.6 is 0 Å². The normalized spacial score (nSPS) is 16.2. The summed E-state index contributed by atoms with van der Waals surface area (Å²) in [5.74, 6) is 0.602. The number of hydrogen-bond donors (Lipinski definition) is 1. The third-order valence-electron chi connectivity index (χ3n) is 5.55. The Bertz CT molecular complexity index is 982. The summed E-state index contributed by atoms with van der Waals surface area (Å²) < 4.78 is 11.5. The second-order valence-corrected chi connectivity index (χ2v) is 8.10. The predicted octanol–water partition coefficient (Wildman–Crippen LogP) is 3.35. The number of fused-ring (bicyclic) bond motifs is 2. The number of nitrogens with one attached hydrogen (secondary N) is 1. The highest BCUT2D eigenvalue weighted by atomic mass is 16.5. The van der Waals surface area contributed by atoms with E-state index in [1.807, 2.05) is 32.0 Å². The number of carbonyl (C=O) groups is 3. The second kappa shape index (κ2) is 8.79. The van der Waals surface area contributed by atoms with Crippen LogP contribution in [0.3, 0.4) is 0 Å². The number of carbonyl (C=O) groups excluding carboxylic acids is 3. The molecule has 2 aliphatic rings. The van der Waals surface area contributed by atoms with Crippen molar-refractivity contribution in [1.29, 1.82) is 0 Å². The molecule has 0 aromatic heterocycles. The molecule has 0 saturated heterocycles. The Morgan fingerprint density at radius 1 is 1.00 bits per heavy atom. The van der Waals surface area contributed by atoms with Crippen LogP contribution < -0.4 is 14.8 Å². The summed E-state index contributed by atoms with van der Waals surface area (Å²) in [6.07, 6.45) is 0.866. The lowest BCUT2D eigenvalue weighted by atomic mass is 9.95. The Balaban J connectivity index is 1.42. The van der Waals surface area contributed by atoms with Crippen molar-refractivity contribution in [1.82, 2.24) is 10.2 Å². The van der Waals surface area contributed by atoms with Gasteiger partial charge >= 0.3 is 0 Å². The van der Waals surface area contributed by atoms with E-state index in [0.717, 1.165) is 16.9 Å². The quantitative estimate of drug-likeness (QED) is 0.722. The largest absolute Gasteiger partial charge is 0.490 e. The smallest absolute Gasteiger partial charge is 0.261 e. The Labute approximate surface area is 181 Å². The summed E-state index contributed by atoms with van der Waals surface area (Å²) >= 11 is 0. The standard InChI is InChI=1S/C24H26N2O5/c1-15(2)22(16-8-9-19-20(14-16)31-13-5-12-30-19)25-21(27)10-11-26-23(28)17-6-3-4-7-18(17)24(26)29/h3-4,6-9,14-15,22H,5,10-13H2,1-2H3,(H,25,27)/t22-/m0/s1. The SMILES string of the molecule is CC(C)[C@H](NC(=O)CCN1C(=O)c2ccccc2C1=O)c1ccc2c(c1)OCCCO2. The lowest BCUT2D eigenvalue weighted by Crippen LogP contribution is -2.37. The molecule has 1 N–H and O–H groups in total. The first-order valence-electron chi connectivity index (χ1n) is 10.6. The molecule has 0 radical (unpaired) electrons. The van der Waals surface area contributed by atoms with Gasteiger partial charge in [0.1, 0.15) is 0 Å². The highest BCUT2D eigenvalue weighted by molar-refractivity contribution is 6.21. The molecule has 0 spiro atoms. The van der Waals surface area contributed by atoms with Crippen molar-refractivity contribution in [3.05, 3.63) is 59.2 Å². The predicted molar refractivity (Wildman–Crippen MR) is 114 cm³/mol. The van der Waals surface area contributed by atoms with Gasteiger partial charge in [-0.15, -0.1) is 0 Å². The first-order valence-corrected chi connectivity index (χ1v) is 10.6. The minimum Gasteiger partial charge on any atom is -0.490 e. The molecule has 0 bridgehead atoms. The van der Waals surface area contributed by atoms with E-state index in [4.69, 9.17) is 9.47 Å². The van der Waals surface area contributed by atoms with E-state index in [1.54, 1.807) is 24.3 Å². The van der Waals surface area contributed by atoms with Crippen molar-refractivity contribution in [2.75, 3.05) is 19.8 Å². The van der Waals surface area contributed by atoms with Gasteiger partial charge in [0.05, 0.1) is 30.4 Å². The van der Waals surface area contributed by atoms with Crippen molar-refractivity contribution in [2.24, 2.45) is 5.92 Å². The highest BCUT2D eigenvalue weighted by Gasteiger charge is 2.35. The van der Waals surface area contributed by atoms with Crippen molar-refractivity contribution < 1.29 is 23.9 Å². The van der Waals surface area contributed by atoms with Gasteiger partial charge in [-0.1, -0.05) is 32.0 Å². The minimum atomic E-state index is -0.350. The third kappa shape index (κ3) is 4.26. The zero-order valence-corrected chi connectivity index (χ0v) is 17.7.